The van der Waals surface area contributed by atoms with E-state index in [1.54, 1.807) is 17.9 Å². The second-order valence-electron chi connectivity index (χ2n) is 4.12. The molecule has 1 aliphatic rings. The van der Waals surface area contributed by atoms with Crippen LogP contribution in [0.3, 0.4) is 0 Å². The van der Waals surface area contributed by atoms with Crippen LogP contribution >= 0.6 is 0 Å². The Labute approximate surface area is 99.9 Å². The summed E-state index contributed by atoms with van der Waals surface area (Å²) in [6.45, 7) is 3.85. The van der Waals surface area contributed by atoms with Crippen molar-refractivity contribution in [1.29, 1.82) is 0 Å². The van der Waals surface area contributed by atoms with E-state index in [2.05, 4.69) is 10.4 Å². The van der Waals surface area contributed by atoms with E-state index < -0.39 is 0 Å². The first-order chi connectivity index (χ1) is 8.20. The Kier molecular flexibility index (Phi) is 3.63. The molecule has 1 unspecified atom stereocenters. The number of ether oxygens (including phenoxy) is 2. The number of aryl methyl sites for hydroxylation is 1. The summed E-state index contributed by atoms with van der Waals surface area (Å²) in [6.07, 6.45) is 0.926. The summed E-state index contributed by atoms with van der Waals surface area (Å²) in [4.78, 5) is 11.8. The van der Waals surface area contributed by atoms with E-state index in [9.17, 15) is 4.79 Å². The van der Waals surface area contributed by atoms with Crippen molar-refractivity contribution in [1.82, 2.24) is 15.1 Å². The monoisotopic (exact) mass is 239 g/mol. The van der Waals surface area contributed by atoms with Gasteiger partial charge in [-0.25, -0.2) is 4.68 Å². The fourth-order valence-corrected chi connectivity index (χ4v) is 1.77. The third-order valence-electron chi connectivity index (χ3n) is 2.53. The molecule has 17 heavy (non-hydrogen) atoms. The molecule has 0 saturated heterocycles. The highest BCUT2D eigenvalue weighted by molar-refractivity contribution is 5.92. The molecule has 0 bridgehead atoms. The number of carbonyl (C=O) groups excluding carboxylic acids is 1. The molecule has 94 valence electrons. The average Bonchev–Trinajstić information content (AvgIpc) is 2.72. The molecule has 2 heterocycles. The lowest BCUT2D eigenvalue weighted by atomic mass is 10.3. The normalized spacial score (nSPS) is 15.9. The highest BCUT2D eigenvalue weighted by atomic mass is 16.5. The van der Waals surface area contributed by atoms with E-state index in [4.69, 9.17) is 9.47 Å². The molecule has 1 amide bonds. The number of carbonyl (C=O) groups is 1. The van der Waals surface area contributed by atoms with E-state index in [0.29, 0.717) is 24.8 Å². The van der Waals surface area contributed by atoms with Crippen molar-refractivity contribution in [2.45, 2.75) is 25.9 Å². The lowest BCUT2D eigenvalue weighted by Crippen LogP contribution is -2.35. The number of methoxy groups -OCH3 is 1. The van der Waals surface area contributed by atoms with Crippen LogP contribution < -0.4 is 10.1 Å². The first kappa shape index (κ1) is 11.9. The van der Waals surface area contributed by atoms with Gasteiger partial charge >= 0.3 is 0 Å². The molecule has 0 saturated carbocycles. The zero-order chi connectivity index (χ0) is 12.3. The minimum absolute atomic E-state index is 0.0350. The quantitative estimate of drug-likeness (QED) is 0.827. The number of rotatable bonds is 4. The number of nitrogens with zero attached hydrogens (tertiary/aromatic N) is 2. The van der Waals surface area contributed by atoms with Crippen molar-refractivity contribution in [3.63, 3.8) is 0 Å². The van der Waals surface area contributed by atoms with Crippen LogP contribution in [0.2, 0.25) is 0 Å². The van der Waals surface area contributed by atoms with Gasteiger partial charge in [0.2, 0.25) is 5.88 Å². The Hall–Kier alpha value is -1.56. The Balaban J connectivity index is 2.01. The number of hydrogen-bond acceptors (Lipinski definition) is 4. The SMILES string of the molecule is COCC(C)NC(=O)c1cc2n(n1)CCCO2. The molecule has 0 aliphatic carbocycles. The van der Waals surface area contributed by atoms with Crippen LogP contribution in [0.1, 0.15) is 23.8 Å². The van der Waals surface area contributed by atoms with Gasteiger partial charge in [-0.15, -0.1) is 0 Å². The molecule has 0 aromatic carbocycles. The summed E-state index contributed by atoms with van der Waals surface area (Å²) < 4.78 is 12.1. The zero-order valence-electron chi connectivity index (χ0n) is 10.1. The van der Waals surface area contributed by atoms with E-state index in [0.717, 1.165) is 13.0 Å². The molecule has 1 aromatic heterocycles. The predicted octanol–water partition coefficient (Wildman–Crippen LogP) is 0.430. The summed E-state index contributed by atoms with van der Waals surface area (Å²) in [5, 5.41) is 7.01. The molecule has 0 radical (unpaired) electrons. The summed E-state index contributed by atoms with van der Waals surface area (Å²) in [5.74, 6) is 0.473. The first-order valence-corrected chi connectivity index (χ1v) is 5.71. The number of hydrogen-bond donors (Lipinski definition) is 1. The summed E-state index contributed by atoms with van der Waals surface area (Å²) in [7, 11) is 1.60. The van der Waals surface area contributed by atoms with Crippen molar-refractivity contribution in [3.05, 3.63) is 11.8 Å². The van der Waals surface area contributed by atoms with Crippen LogP contribution in [0.25, 0.3) is 0 Å². The van der Waals surface area contributed by atoms with Gasteiger partial charge in [0.1, 0.15) is 0 Å². The maximum atomic E-state index is 11.8. The predicted molar refractivity (Wildman–Crippen MR) is 61.1 cm³/mol. The number of fused-ring (bicyclic) bond motifs is 1. The Morgan fingerprint density at radius 2 is 2.59 bits per heavy atom. The van der Waals surface area contributed by atoms with Crippen molar-refractivity contribution in [3.8, 4) is 5.88 Å². The topological polar surface area (TPSA) is 65.4 Å². The third-order valence-corrected chi connectivity index (χ3v) is 2.53. The van der Waals surface area contributed by atoms with Crippen LogP contribution in [0.5, 0.6) is 5.88 Å². The van der Waals surface area contributed by atoms with Gasteiger partial charge in [0.25, 0.3) is 5.91 Å². The third kappa shape index (κ3) is 2.76. The molecule has 2 rings (SSSR count). The Bertz CT molecular complexity index is 379. The molecule has 1 aliphatic heterocycles. The van der Waals surface area contributed by atoms with Gasteiger partial charge in [-0.05, 0) is 6.92 Å². The average molecular weight is 239 g/mol. The van der Waals surface area contributed by atoms with E-state index in [1.807, 2.05) is 6.92 Å². The summed E-state index contributed by atoms with van der Waals surface area (Å²) >= 11 is 0. The van der Waals surface area contributed by atoms with Gasteiger partial charge in [0, 0.05) is 32.2 Å². The standard InChI is InChI=1S/C11H17N3O3/c1-8(7-16-2)12-11(15)9-6-10-14(13-9)4-3-5-17-10/h6,8H,3-5,7H2,1-2H3,(H,12,15). The smallest absolute Gasteiger partial charge is 0.272 e. The van der Waals surface area contributed by atoms with Gasteiger partial charge in [-0.1, -0.05) is 0 Å². The molecular formula is C11H17N3O3. The van der Waals surface area contributed by atoms with Gasteiger partial charge in [-0.3, -0.25) is 4.79 Å². The minimum atomic E-state index is -0.194. The van der Waals surface area contributed by atoms with Gasteiger partial charge in [-0.2, -0.15) is 5.10 Å². The van der Waals surface area contributed by atoms with E-state index in [-0.39, 0.29) is 11.9 Å². The molecule has 1 aromatic rings. The highest BCUT2D eigenvalue weighted by Crippen LogP contribution is 2.18. The molecule has 6 heteroatoms. The lowest BCUT2D eigenvalue weighted by molar-refractivity contribution is 0.0899. The maximum Gasteiger partial charge on any atom is 0.272 e. The Morgan fingerprint density at radius 1 is 1.76 bits per heavy atom. The second kappa shape index (κ2) is 5.18. The first-order valence-electron chi connectivity index (χ1n) is 5.71. The fraction of sp³-hybridized carbons (Fsp3) is 0.636. The van der Waals surface area contributed by atoms with Crippen LogP contribution in [0.15, 0.2) is 6.07 Å². The van der Waals surface area contributed by atoms with Crippen molar-refractivity contribution in [2.24, 2.45) is 0 Å². The van der Waals surface area contributed by atoms with Gasteiger partial charge in [0.05, 0.1) is 13.2 Å². The number of aromatic nitrogens is 2. The largest absolute Gasteiger partial charge is 0.478 e. The second-order valence-corrected chi connectivity index (χ2v) is 4.12. The van der Waals surface area contributed by atoms with Crippen molar-refractivity contribution < 1.29 is 14.3 Å². The lowest BCUT2D eigenvalue weighted by Gasteiger charge is -2.13. The van der Waals surface area contributed by atoms with E-state index >= 15 is 0 Å². The molecule has 0 fully saturated rings. The number of nitrogens with one attached hydrogen (secondary N) is 1. The maximum absolute atomic E-state index is 11.8. The molecule has 0 spiro atoms. The molecule has 6 nitrogen and oxygen atoms in total. The summed E-state index contributed by atoms with van der Waals surface area (Å²) in [5.41, 5.74) is 0.393. The fourth-order valence-electron chi connectivity index (χ4n) is 1.77. The zero-order valence-corrected chi connectivity index (χ0v) is 10.1. The minimum Gasteiger partial charge on any atom is -0.478 e. The van der Waals surface area contributed by atoms with Crippen LogP contribution in [0.4, 0.5) is 0 Å². The molecular weight excluding hydrogens is 222 g/mol. The van der Waals surface area contributed by atoms with Crippen LogP contribution in [0, 0.1) is 0 Å². The molecule has 1 atom stereocenters. The van der Waals surface area contributed by atoms with E-state index in [1.165, 1.54) is 0 Å². The van der Waals surface area contributed by atoms with Crippen LogP contribution in [-0.4, -0.2) is 42.1 Å². The van der Waals surface area contributed by atoms with Crippen molar-refractivity contribution >= 4 is 5.91 Å². The summed E-state index contributed by atoms with van der Waals surface area (Å²) in [6, 6.07) is 1.64. The Morgan fingerprint density at radius 3 is 3.29 bits per heavy atom. The molecule has 1 N–H and O–H groups in total. The number of amides is 1. The van der Waals surface area contributed by atoms with Crippen LogP contribution in [-0.2, 0) is 11.3 Å². The van der Waals surface area contributed by atoms with Crippen molar-refractivity contribution in [2.75, 3.05) is 20.3 Å². The van der Waals surface area contributed by atoms with Gasteiger partial charge < -0.3 is 14.8 Å². The van der Waals surface area contributed by atoms with Gasteiger partial charge in [0.15, 0.2) is 5.69 Å². The highest BCUT2D eigenvalue weighted by Gasteiger charge is 2.18.